The van der Waals surface area contributed by atoms with E-state index in [2.05, 4.69) is 5.32 Å². The number of carbonyl (C=O) groups is 1. The summed E-state index contributed by atoms with van der Waals surface area (Å²) < 4.78 is 5.18. The van der Waals surface area contributed by atoms with Crippen molar-refractivity contribution < 1.29 is 19.7 Å². The zero-order valence-corrected chi connectivity index (χ0v) is 13.4. The molecule has 0 radical (unpaired) electrons. The van der Waals surface area contributed by atoms with Crippen LogP contribution in [0, 0.1) is 0 Å². The van der Waals surface area contributed by atoms with E-state index >= 15 is 0 Å². The Labute approximate surface area is 131 Å². The molecule has 0 heterocycles. The van der Waals surface area contributed by atoms with Crippen LogP contribution in [0.25, 0.3) is 0 Å². The van der Waals surface area contributed by atoms with Crippen LogP contribution in [0.3, 0.4) is 0 Å². The summed E-state index contributed by atoms with van der Waals surface area (Å²) >= 11 is 0. The predicted octanol–water partition coefficient (Wildman–Crippen LogP) is 1.67. The number of aliphatic hydroxyl groups is 1. The molecule has 0 unspecified atom stereocenters. The van der Waals surface area contributed by atoms with E-state index in [-0.39, 0.29) is 18.8 Å². The molecule has 1 aromatic carbocycles. The SMILES string of the molecule is CC(C)(C)OC(=O)NCc1cc(O)ccc1CC[C@H](O)CN. The van der Waals surface area contributed by atoms with E-state index in [4.69, 9.17) is 10.5 Å². The van der Waals surface area contributed by atoms with Gasteiger partial charge in [-0.1, -0.05) is 6.07 Å². The molecule has 0 aromatic heterocycles. The highest BCUT2D eigenvalue weighted by Gasteiger charge is 2.16. The van der Waals surface area contributed by atoms with Crippen molar-refractivity contribution >= 4 is 6.09 Å². The number of rotatable bonds is 6. The molecule has 0 spiro atoms. The number of phenolic OH excluding ortho intramolecular Hbond substituents is 1. The van der Waals surface area contributed by atoms with Gasteiger partial charge in [0.15, 0.2) is 0 Å². The van der Waals surface area contributed by atoms with Gasteiger partial charge in [0, 0.05) is 13.1 Å². The maximum atomic E-state index is 11.7. The highest BCUT2D eigenvalue weighted by atomic mass is 16.6. The Bertz CT molecular complexity index is 497. The lowest BCUT2D eigenvalue weighted by Crippen LogP contribution is -2.32. The molecule has 0 fully saturated rings. The molecule has 0 aliphatic rings. The van der Waals surface area contributed by atoms with Crippen molar-refractivity contribution in [3.8, 4) is 5.75 Å². The second kappa shape index (κ2) is 8.00. The van der Waals surface area contributed by atoms with Gasteiger partial charge in [-0.3, -0.25) is 0 Å². The third-order valence-corrected chi connectivity index (χ3v) is 3.03. The second-order valence-corrected chi connectivity index (χ2v) is 6.24. The molecule has 0 saturated heterocycles. The number of aliphatic hydroxyl groups excluding tert-OH is 1. The smallest absolute Gasteiger partial charge is 0.407 e. The first-order chi connectivity index (χ1) is 10.2. The number of alkyl carbamates (subject to hydrolysis) is 1. The number of aryl methyl sites for hydroxylation is 1. The number of hydrogen-bond donors (Lipinski definition) is 4. The molecule has 5 N–H and O–H groups in total. The van der Waals surface area contributed by atoms with E-state index < -0.39 is 17.8 Å². The Hall–Kier alpha value is -1.79. The number of amides is 1. The maximum absolute atomic E-state index is 11.7. The topological polar surface area (TPSA) is 105 Å². The van der Waals surface area contributed by atoms with Gasteiger partial charge in [-0.05, 0) is 56.9 Å². The van der Waals surface area contributed by atoms with E-state index in [1.165, 1.54) is 0 Å². The average molecular weight is 310 g/mol. The lowest BCUT2D eigenvalue weighted by Gasteiger charge is -2.20. The summed E-state index contributed by atoms with van der Waals surface area (Å²) in [6.45, 7) is 5.84. The first-order valence-electron chi connectivity index (χ1n) is 7.37. The van der Waals surface area contributed by atoms with Crippen LogP contribution in [0.15, 0.2) is 18.2 Å². The fourth-order valence-corrected chi connectivity index (χ4v) is 1.94. The molecule has 0 saturated carbocycles. The number of nitrogens with two attached hydrogens (primary N) is 1. The first-order valence-corrected chi connectivity index (χ1v) is 7.37. The minimum absolute atomic E-state index is 0.129. The summed E-state index contributed by atoms with van der Waals surface area (Å²) in [5.74, 6) is 0.129. The van der Waals surface area contributed by atoms with E-state index in [0.29, 0.717) is 12.8 Å². The van der Waals surface area contributed by atoms with E-state index in [9.17, 15) is 15.0 Å². The summed E-state index contributed by atoms with van der Waals surface area (Å²) in [4.78, 5) is 11.7. The summed E-state index contributed by atoms with van der Waals surface area (Å²) in [5.41, 5.74) is 6.57. The number of benzene rings is 1. The van der Waals surface area contributed by atoms with Gasteiger partial charge >= 0.3 is 6.09 Å². The number of carbonyl (C=O) groups excluding carboxylic acids is 1. The summed E-state index contributed by atoms with van der Waals surface area (Å²) in [6.07, 6.45) is 0.0780. The van der Waals surface area contributed by atoms with Gasteiger partial charge in [0.2, 0.25) is 0 Å². The Balaban J connectivity index is 2.68. The van der Waals surface area contributed by atoms with Crippen LogP contribution in [0.2, 0.25) is 0 Å². The monoisotopic (exact) mass is 310 g/mol. The second-order valence-electron chi connectivity index (χ2n) is 6.24. The largest absolute Gasteiger partial charge is 0.508 e. The lowest BCUT2D eigenvalue weighted by molar-refractivity contribution is 0.0523. The highest BCUT2D eigenvalue weighted by Crippen LogP contribution is 2.19. The van der Waals surface area contributed by atoms with Crippen LogP contribution in [-0.4, -0.2) is 34.6 Å². The third kappa shape index (κ3) is 6.78. The molecule has 6 heteroatoms. The van der Waals surface area contributed by atoms with E-state index in [0.717, 1.165) is 11.1 Å². The average Bonchev–Trinajstić information content (AvgIpc) is 2.41. The summed E-state index contributed by atoms with van der Waals surface area (Å²) in [6, 6.07) is 4.97. The van der Waals surface area contributed by atoms with Crippen molar-refractivity contribution in [2.45, 2.75) is 51.9 Å². The molecule has 0 aliphatic heterocycles. The minimum atomic E-state index is -0.559. The van der Waals surface area contributed by atoms with Gasteiger partial charge in [-0.25, -0.2) is 4.79 Å². The normalized spacial score (nSPS) is 12.8. The molecule has 22 heavy (non-hydrogen) atoms. The van der Waals surface area contributed by atoms with Gasteiger partial charge in [-0.2, -0.15) is 0 Å². The molecule has 1 aromatic rings. The fourth-order valence-electron chi connectivity index (χ4n) is 1.94. The van der Waals surface area contributed by atoms with E-state index in [1.54, 1.807) is 39.0 Å². The number of hydrogen-bond acceptors (Lipinski definition) is 5. The highest BCUT2D eigenvalue weighted by molar-refractivity contribution is 5.67. The Kier molecular flexibility index (Phi) is 6.64. The van der Waals surface area contributed by atoms with Crippen molar-refractivity contribution in [3.63, 3.8) is 0 Å². The van der Waals surface area contributed by atoms with Crippen LogP contribution >= 0.6 is 0 Å². The lowest BCUT2D eigenvalue weighted by atomic mass is 10.0. The van der Waals surface area contributed by atoms with Crippen molar-refractivity contribution in [2.75, 3.05) is 6.54 Å². The van der Waals surface area contributed by atoms with Gasteiger partial charge in [0.1, 0.15) is 11.4 Å². The molecule has 0 bridgehead atoms. The number of phenols is 1. The molecule has 124 valence electrons. The first kappa shape index (κ1) is 18.3. The zero-order valence-electron chi connectivity index (χ0n) is 13.4. The van der Waals surface area contributed by atoms with Gasteiger partial charge in [0.25, 0.3) is 0 Å². The van der Waals surface area contributed by atoms with Crippen molar-refractivity contribution in [1.29, 1.82) is 0 Å². The van der Waals surface area contributed by atoms with Gasteiger partial charge in [0.05, 0.1) is 6.10 Å². The van der Waals surface area contributed by atoms with Crippen LogP contribution < -0.4 is 11.1 Å². The zero-order chi connectivity index (χ0) is 16.8. The predicted molar refractivity (Wildman–Crippen MR) is 84.6 cm³/mol. The summed E-state index contributed by atoms with van der Waals surface area (Å²) in [7, 11) is 0. The van der Waals surface area contributed by atoms with Crippen LogP contribution in [0.4, 0.5) is 4.79 Å². The Morgan fingerprint density at radius 2 is 2.05 bits per heavy atom. The van der Waals surface area contributed by atoms with Crippen LogP contribution in [0.1, 0.15) is 38.3 Å². The molecular formula is C16H26N2O4. The molecule has 6 nitrogen and oxygen atoms in total. The number of nitrogens with one attached hydrogen (secondary N) is 1. The summed E-state index contributed by atoms with van der Waals surface area (Å²) in [5, 5.41) is 21.8. The fraction of sp³-hybridized carbons (Fsp3) is 0.562. The number of ether oxygens (including phenoxy) is 1. The van der Waals surface area contributed by atoms with Gasteiger partial charge < -0.3 is 26.0 Å². The molecule has 1 amide bonds. The van der Waals surface area contributed by atoms with Crippen molar-refractivity contribution in [2.24, 2.45) is 5.73 Å². The molecule has 0 aliphatic carbocycles. The van der Waals surface area contributed by atoms with Crippen molar-refractivity contribution in [3.05, 3.63) is 29.3 Å². The Morgan fingerprint density at radius 3 is 2.64 bits per heavy atom. The van der Waals surface area contributed by atoms with Crippen LogP contribution in [-0.2, 0) is 17.7 Å². The van der Waals surface area contributed by atoms with Crippen molar-refractivity contribution in [1.82, 2.24) is 5.32 Å². The third-order valence-electron chi connectivity index (χ3n) is 3.03. The Morgan fingerprint density at radius 1 is 1.36 bits per heavy atom. The molecular weight excluding hydrogens is 284 g/mol. The standard InChI is InChI=1S/C16H26N2O4/c1-16(2,3)22-15(21)18-10-12-8-13(19)6-4-11(12)5-7-14(20)9-17/h4,6,8,14,19-20H,5,7,9-10,17H2,1-3H3,(H,18,21)/t14-/m0/s1. The van der Waals surface area contributed by atoms with Crippen LogP contribution in [0.5, 0.6) is 5.75 Å². The maximum Gasteiger partial charge on any atom is 0.407 e. The quantitative estimate of drug-likeness (QED) is 0.640. The van der Waals surface area contributed by atoms with E-state index in [1.807, 2.05) is 0 Å². The number of aromatic hydroxyl groups is 1. The molecule has 1 rings (SSSR count). The van der Waals surface area contributed by atoms with Gasteiger partial charge in [-0.15, -0.1) is 0 Å². The molecule has 1 atom stereocenters. The minimum Gasteiger partial charge on any atom is -0.508 e.